The third-order valence-corrected chi connectivity index (χ3v) is 7.05. The van der Waals surface area contributed by atoms with Gasteiger partial charge < -0.3 is 19.6 Å². The molecule has 0 spiro atoms. The molecule has 0 fully saturated rings. The van der Waals surface area contributed by atoms with Gasteiger partial charge in [0.1, 0.15) is 0 Å². The SMILES string of the molecule is CCCCCCCCCCCCCOP(=O)(O)O.CCCCCCCCCCCCCOP(=O)(O)O. The maximum atomic E-state index is 10.4. The summed E-state index contributed by atoms with van der Waals surface area (Å²) in [6.07, 6.45) is 26.9. The smallest absolute Gasteiger partial charge is 0.303 e. The molecule has 0 unspecified atom stereocenters. The lowest BCUT2D eigenvalue weighted by molar-refractivity contribution is 0.191. The number of hydrogen-bond acceptors (Lipinski definition) is 4. The average Bonchev–Trinajstić information content (AvgIpc) is 2.79. The number of rotatable bonds is 26. The first kappa shape index (κ1) is 38.4. The molecule has 0 aromatic rings. The predicted octanol–water partition coefficient (Wildman–Crippen LogP) is 8.81. The van der Waals surface area contributed by atoms with Crippen LogP contribution in [0.2, 0.25) is 0 Å². The molecule has 10 heteroatoms. The van der Waals surface area contributed by atoms with E-state index in [4.69, 9.17) is 19.6 Å². The van der Waals surface area contributed by atoms with Crippen molar-refractivity contribution in [3.05, 3.63) is 0 Å². The van der Waals surface area contributed by atoms with Gasteiger partial charge in [-0.2, -0.15) is 0 Å². The molecular formula is C26H58O8P2. The molecule has 0 aliphatic carbocycles. The van der Waals surface area contributed by atoms with Crippen molar-refractivity contribution < 1.29 is 37.8 Å². The Balaban J connectivity index is 0. The summed E-state index contributed by atoms with van der Waals surface area (Å²) in [5.74, 6) is 0. The number of phosphoric acid groups is 2. The minimum absolute atomic E-state index is 0.168. The first-order valence-electron chi connectivity index (χ1n) is 14.5. The molecule has 0 atom stereocenters. The molecule has 0 radical (unpaired) electrons. The molecule has 0 aromatic carbocycles. The van der Waals surface area contributed by atoms with Gasteiger partial charge in [0.2, 0.25) is 0 Å². The van der Waals surface area contributed by atoms with E-state index in [-0.39, 0.29) is 13.2 Å². The fraction of sp³-hybridized carbons (Fsp3) is 1.00. The zero-order valence-corrected chi connectivity index (χ0v) is 25.1. The van der Waals surface area contributed by atoms with E-state index in [1.165, 1.54) is 103 Å². The molecule has 220 valence electrons. The van der Waals surface area contributed by atoms with Crippen LogP contribution in [0.25, 0.3) is 0 Å². The van der Waals surface area contributed by atoms with E-state index in [0.29, 0.717) is 0 Å². The van der Waals surface area contributed by atoms with Crippen LogP contribution in [-0.2, 0) is 18.2 Å². The predicted molar refractivity (Wildman–Crippen MR) is 149 cm³/mol. The Morgan fingerprint density at radius 1 is 0.389 bits per heavy atom. The summed E-state index contributed by atoms with van der Waals surface area (Å²) in [6.45, 7) is 4.80. The highest BCUT2D eigenvalue weighted by atomic mass is 31.2. The molecule has 0 aliphatic rings. The fourth-order valence-electron chi connectivity index (χ4n) is 3.90. The van der Waals surface area contributed by atoms with Crippen LogP contribution in [0.3, 0.4) is 0 Å². The topological polar surface area (TPSA) is 134 Å². The van der Waals surface area contributed by atoms with Gasteiger partial charge in [0.05, 0.1) is 13.2 Å². The minimum Gasteiger partial charge on any atom is -0.303 e. The molecule has 0 saturated carbocycles. The summed E-state index contributed by atoms with van der Waals surface area (Å²) in [5.41, 5.74) is 0. The van der Waals surface area contributed by atoms with Crippen molar-refractivity contribution in [3.63, 3.8) is 0 Å². The lowest BCUT2D eigenvalue weighted by Crippen LogP contribution is -1.92. The van der Waals surface area contributed by atoms with Crippen molar-refractivity contribution in [1.82, 2.24) is 0 Å². The van der Waals surface area contributed by atoms with Gasteiger partial charge in [-0.05, 0) is 12.8 Å². The quantitative estimate of drug-likeness (QED) is 0.0609. The normalized spacial score (nSPS) is 11.9. The summed E-state index contributed by atoms with van der Waals surface area (Å²) >= 11 is 0. The second-order valence-electron chi connectivity index (χ2n) is 9.72. The lowest BCUT2D eigenvalue weighted by Gasteiger charge is -2.05. The standard InChI is InChI=1S/2C13H29O4P/c2*1-2-3-4-5-6-7-8-9-10-11-12-13-17-18(14,15)16/h2*2-13H2,1H3,(H2,14,15,16). The lowest BCUT2D eigenvalue weighted by atomic mass is 10.1. The second kappa shape index (κ2) is 28.2. The summed E-state index contributed by atoms with van der Waals surface area (Å²) in [4.78, 5) is 33.9. The Kier molecular flexibility index (Phi) is 30.1. The van der Waals surface area contributed by atoms with Gasteiger partial charge >= 0.3 is 15.6 Å². The Morgan fingerprint density at radius 3 is 0.778 bits per heavy atom. The number of phosphoric ester groups is 2. The van der Waals surface area contributed by atoms with Gasteiger partial charge in [0, 0.05) is 0 Å². The van der Waals surface area contributed by atoms with Crippen LogP contribution in [0, 0.1) is 0 Å². The summed E-state index contributed by atoms with van der Waals surface area (Å²) in [7, 11) is -8.49. The molecule has 0 aliphatic heterocycles. The van der Waals surface area contributed by atoms with E-state index in [1.54, 1.807) is 0 Å². The Labute approximate surface area is 221 Å². The van der Waals surface area contributed by atoms with Crippen LogP contribution < -0.4 is 0 Å². The highest BCUT2D eigenvalue weighted by Gasteiger charge is 2.12. The molecule has 36 heavy (non-hydrogen) atoms. The number of unbranched alkanes of at least 4 members (excludes halogenated alkanes) is 20. The molecule has 0 bridgehead atoms. The summed E-state index contributed by atoms with van der Waals surface area (Å²) in [5, 5.41) is 0. The van der Waals surface area contributed by atoms with Crippen molar-refractivity contribution >= 4 is 15.6 Å². The van der Waals surface area contributed by atoms with Gasteiger partial charge in [-0.1, -0.05) is 142 Å². The molecular weight excluding hydrogens is 502 g/mol. The van der Waals surface area contributed by atoms with Crippen LogP contribution in [0.5, 0.6) is 0 Å². The average molecular weight is 561 g/mol. The Morgan fingerprint density at radius 2 is 0.583 bits per heavy atom. The van der Waals surface area contributed by atoms with Crippen LogP contribution >= 0.6 is 15.6 Å². The van der Waals surface area contributed by atoms with E-state index < -0.39 is 15.6 Å². The van der Waals surface area contributed by atoms with Gasteiger partial charge in [-0.15, -0.1) is 0 Å². The monoisotopic (exact) mass is 560 g/mol. The van der Waals surface area contributed by atoms with Crippen molar-refractivity contribution in [2.45, 2.75) is 155 Å². The zero-order valence-electron chi connectivity index (χ0n) is 23.3. The van der Waals surface area contributed by atoms with Gasteiger partial charge in [-0.3, -0.25) is 9.05 Å². The second-order valence-corrected chi connectivity index (χ2v) is 12.2. The third-order valence-electron chi connectivity index (χ3n) is 6.01. The summed E-state index contributed by atoms with van der Waals surface area (Å²) < 4.78 is 29.5. The van der Waals surface area contributed by atoms with Crippen molar-refractivity contribution in [3.8, 4) is 0 Å². The van der Waals surface area contributed by atoms with Crippen molar-refractivity contribution in [2.24, 2.45) is 0 Å². The largest absolute Gasteiger partial charge is 0.469 e. The Hall–Kier alpha value is 0.220. The zero-order chi connectivity index (χ0) is 27.4. The molecule has 8 nitrogen and oxygen atoms in total. The van der Waals surface area contributed by atoms with Crippen molar-refractivity contribution in [1.29, 1.82) is 0 Å². The van der Waals surface area contributed by atoms with E-state index in [1.807, 2.05) is 0 Å². The van der Waals surface area contributed by atoms with E-state index in [2.05, 4.69) is 22.9 Å². The van der Waals surface area contributed by atoms with Gasteiger partial charge in [-0.25, -0.2) is 9.13 Å². The molecule has 0 aromatic heterocycles. The van der Waals surface area contributed by atoms with Gasteiger partial charge in [0.15, 0.2) is 0 Å². The first-order chi connectivity index (χ1) is 17.1. The first-order valence-corrected chi connectivity index (χ1v) is 17.6. The maximum absolute atomic E-state index is 10.4. The van der Waals surface area contributed by atoms with Crippen LogP contribution in [-0.4, -0.2) is 32.8 Å². The van der Waals surface area contributed by atoms with E-state index >= 15 is 0 Å². The fourth-order valence-corrected chi connectivity index (χ4v) is 4.63. The third kappa shape index (κ3) is 41.4. The molecule has 0 amide bonds. The maximum Gasteiger partial charge on any atom is 0.469 e. The Bertz CT molecular complexity index is 476. The van der Waals surface area contributed by atoms with E-state index in [9.17, 15) is 9.13 Å². The van der Waals surface area contributed by atoms with Crippen LogP contribution in [0.1, 0.15) is 155 Å². The minimum atomic E-state index is -4.25. The van der Waals surface area contributed by atoms with Gasteiger partial charge in [0.25, 0.3) is 0 Å². The molecule has 0 heterocycles. The van der Waals surface area contributed by atoms with Crippen molar-refractivity contribution in [2.75, 3.05) is 13.2 Å². The highest BCUT2D eigenvalue weighted by molar-refractivity contribution is 7.46. The molecule has 0 saturated heterocycles. The molecule has 0 rings (SSSR count). The molecule has 4 N–H and O–H groups in total. The highest BCUT2D eigenvalue weighted by Crippen LogP contribution is 2.36. The van der Waals surface area contributed by atoms with Crippen LogP contribution in [0.15, 0.2) is 0 Å². The van der Waals surface area contributed by atoms with E-state index in [0.717, 1.165) is 38.5 Å². The summed E-state index contributed by atoms with van der Waals surface area (Å²) in [6, 6.07) is 0. The number of hydrogen-bond donors (Lipinski definition) is 4. The van der Waals surface area contributed by atoms with Crippen LogP contribution in [0.4, 0.5) is 0 Å².